The third-order valence-corrected chi connectivity index (χ3v) is 6.88. The first-order valence-electron chi connectivity index (χ1n) is 11.3. The zero-order valence-corrected chi connectivity index (χ0v) is 18.9. The smallest absolute Gasteiger partial charge is 0.335 e. The number of nitrogens with zero attached hydrogens (tertiary/aromatic N) is 2. The van der Waals surface area contributed by atoms with E-state index in [1.165, 1.54) is 0 Å². The maximum atomic E-state index is 12.8. The molecule has 0 saturated carbocycles. The number of quaternary nitrogens is 1. The zero-order chi connectivity index (χ0) is 24.6. The Kier molecular flexibility index (Phi) is 5.69. The molecule has 2 atom stereocenters. The first-order valence-corrected chi connectivity index (χ1v) is 11.3. The topological polar surface area (TPSA) is 103 Å². The molecule has 1 heterocycles. The number of carbonyl (C=O) groups is 1. The van der Waals surface area contributed by atoms with Gasteiger partial charge in [-0.15, -0.1) is 6.42 Å². The molecule has 0 radical (unpaired) electrons. The number of hydrogen-bond acceptors (Lipinski definition) is 4. The fraction of sp³-hybridized carbons (Fsp3) is 0.179. The van der Waals surface area contributed by atoms with Gasteiger partial charge in [0.05, 0.1) is 16.5 Å². The quantitative estimate of drug-likeness (QED) is 0.294. The number of carboxylic acid groups (broad SMARTS) is 1. The average Bonchev–Trinajstić information content (AvgIpc) is 3.30. The van der Waals surface area contributed by atoms with Gasteiger partial charge in [-0.05, 0) is 54.3 Å². The third-order valence-electron chi connectivity index (χ3n) is 6.88. The van der Waals surface area contributed by atoms with Crippen LogP contribution in [0.2, 0.25) is 0 Å². The van der Waals surface area contributed by atoms with Gasteiger partial charge in [0, 0.05) is 24.1 Å². The lowest BCUT2D eigenvalue weighted by Gasteiger charge is -2.42. The summed E-state index contributed by atoms with van der Waals surface area (Å²) in [7, 11) is 0. The number of aromatic carboxylic acids is 1. The largest absolute Gasteiger partial charge is 0.478 e. The second kappa shape index (κ2) is 8.84. The maximum absolute atomic E-state index is 12.8. The summed E-state index contributed by atoms with van der Waals surface area (Å²) in [6.07, 6.45) is 7.52. The van der Waals surface area contributed by atoms with Crippen LogP contribution in [-0.2, 0) is 13.0 Å². The van der Waals surface area contributed by atoms with Gasteiger partial charge in [-0.3, -0.25) is 4.79 Å². The van der Waals surface area contributed by atoms with Crippen molar-refractivity contribution in [3.8, 4) is 12.3 Å². The normalized spacial score (nSPS) is 16.4. The molecular formula is C28H24N3O4+. The van der Waals surface area contributed by atoms with Crippen LogP contribution in [0.3, 0.4) is 0 Å². The van der Waals surface area contributed by atoms with Gasteiger partial charge in [0.1, 0.15) is 36.4 Å². The number of carboxylic acids is 1. The van der Waals surface area contributed by atoms with Crippen LogP contribution < -0.4 is 10.0 Å². The van der Waals surface area contributed by atoms with Crippen molar-refractivity contribution >= 4 is 28.2 Å². The van der Waals surface area contributed by atoms with Crippen molar-refractivity contribution in [1.29, 1.82) is 0 Å². The first kappa shape index (κ1) is 22.5. The zero-order valence-electron chi connectivity index (χ0n) is 18.9. The number of nitrogens with one attached hydrogen (secondary N) is 1. The molecule has 7 nitrogen and oxygen atoms in total. The third kappa shape index (κ3) is 3.69. The molecule has 0 fully saturated rings. The van der Waals surface area contributed by atoms with Crippen molar-refractivity contribution in [3.05, 3.63) is 99.6 Å². The summed E-state index contributed by atoms with van der Waals surface area (Å²) in [4.78, 5) is 31.3. The molecule has 2 unspecified atom stereocenters. The number of benzene rings is 3. The van der Waals surface area contributed by atoms with E-state index in [0.29, 0.717) is 21.9 Å². The predicted molar refractivity (Wildman–Crippen MR) is 134 cm³/mol. The van der Waals surface area contributed by atoms with Gasteiger partial charge in [-0.1, -0.05) is 18.2 Å². The first-order chi connectivity index (χ1) is 17.0. The number of aliphatic hydroxyl groups is 1. The standard InChI is InChI=1S/C28H23N3O4/c1-2-14-31(20-6-4-3-5-7-20,21-11-8-18(9-12-21)28(34)35)25-13-10-19-15-24-23(16-22(19)25)27(33)30-26(17-32)29-24/h1,3-9,11-12,15-16,25,32H,10,13-14,17H2,(H-,29,30,33,34,35)/p+1. The average molecular weight is 467 g/mol. The fourth-order valence-corrected chi connectivity index (χ4v) is 5.31. The molecule has 1 aromatic heterocycles. The molecular weight excluding hydrogens is 442 g/mol. The van der Waals surface area contributed by atoms with Crippen molar-refractivity contribution in [3.63, 3.8) is 0 Å². The number of fused-ring (bicyclic) bond motifs is 2. The Balaban J connectivity index is 1.76. The van der Waals surface area contributed by atoms with Crippen LogP contribution in [0, 0.1) is 12.3 Å². The van der Waals surface area contributed by atoms with Crippen molar-refractivity contribution in [2.75, 3.05) is 6.54 Å². The molecule has 3 aromatic carbocycles. The monoisotopic (exact) mass is 466 g/mol. The predicted octanol–water partition coefficient (Wildman–Crippen LogP) is 4.07. The van der Waals surface area contributed by atoms with Crippen LogP contribution in [0.1, 0.15) is 39.8 Å². The van der Waals surface area contributed by atoms with Crippen LogP contribution in [0.5, 0.6) is 0 Å². The molecule has 0 saturated heterocycles. The van der Waals surface area contributed by atoms with Gasteiger partial charge in [0.25, 0.3) is 5.56 Å². The van der Waals surface area contributed by atoms with E-state index in [9.17, 15) is 19.8 Å². The van der Waals surface area contributed by atoms with Crippen LogP contribution in [0.4, 0.5) is 11.4 Å². The van der Waals surface area contributed by atoms with E-state index in [-0.39, 0.29) is 29.6 Å². The number of aromatic nitrogens is 2. The lowest BCUT2D eigenvalue weighted by Crippen LogP contribution is -2.47. The summed E-state index contributed by atoms with van der Waals surface area (Å²) in [5.41, 5.74) is 4.42. The lowest BCUT2D eigenvalue weighted by atomic mass is 9.98. The van der Waals surface area contributed by atoms with Crippen molar-refractivity contribution < 1.29 is 15.0 Å². The van der Waals surface area contributed by atoms with Gasteiger partial charge in [-0.25, -0.2) is 14.3 Å². The van der Waals surface area contributed by atoms with E-state index >= 15 is 0 Å². The highest BCUT2D eigenvalue weighted by atomic mass is 16.4. The molecule has 4 aromatic rings. The molecule has 1 aliphatic rings. The van der Waals surface area contributed by atoms with Gasteiger partial charge >= 0.3 is 5.97 Å². The van der Waals surface area contributed by atoms with E-state index in [1.54, 1.807) is 12.1 Å². The highest BCUT2D eigenvalue weighted by molar-refractivity contribution is 5.88. The second-order valence-electron chi connectivity index (χ2n) is 8.71. The fourth-order valence-electron chi connectivity index (χ4n) is 5.31. The number of aliphatic hydroxyl groups excluding tert-OH is 1. The number of aryl methyl sites for hydroxylation is 1. The molecule has 174 valence electrons. The number of terminal acetylenes is 1. The minimum atomic E-state index is -0.988. The van der Waals surface area contributed by atoms with E-state index in [2.05, 4.69) is 15.9 Å². The SMILES string of the molecule is C#CC[N+](c1ccccc1)(c1ccc(C(=O)O)cc1)C1CCc2cc3nc(CO)[nH]c(=O)c3cc21. The van der Waals surface area contributed by atoms with Crippen LogP contribution >= 0.6 is 0 Å². The molecule has 7 heteroatoms. The molecule has 0 spiro atoms. The summed E-state index contributed by atoms with van der Waals surface area (Å²) in [5.74, 6) is 2.11. The molecule has 1 aliphatic carbocycles. The van der Waals surface area contributed by atoms with E-state index in [4.69, 9.17) is 6.42 Å². The molecule has 3 N–H and O–H groups in total. The molecule has 0 aliphatic heterocycles. The molecule has 5 rings (SSSR count). The number of aromatic amines is 1. The minimum absolute atomic E-state index is 0.0968. The minimum Gasteiger partial charge on any atom is -0.478 e. The summed E-state index contributed by atoms with van der Waals surface area (Å²) < 4.78 is 0.301. The summed E-state index contributed by atoms with van der Waals surface area (Å²) in [6, 6.07) is 20.5. The second-order valence-corrected chi connectivity index (χ2v) is 8.71. The Labute approximate surface area is 201 Å². The highest BCUT2D eigenvalue weighted by Crippen LogP contribution is 2.49. The van der Waals surface area contributed by atoms with Crippen LogP contribution in [0.25, 0.3) is 10.9 Å². The Hall–Kier alpha value is -4.25. The van der Waals surface area contributed by atoms with Gasteiger partial charge in [-0.2, -0.15) is 0 Å². The van der Waals surface area contributed by atoms with Crippen LogP contribution in [0.15, 0.2) is 71.5 Å². The Bertz CT molecular complexity index is 1520. The molecule has 0 amide bonds. The van der Waals surface area contributed by atoms with Gasteiger partial charge in [0.2, 0.25) is 0 Å². The number of para-hydroxylation sites is 1. The molecule has 35 heavy (non-hydrogen) atoms. The Morgan fingerprint density at radius 1 is 1.11 bits per heavy atom. The summed E-state index contributed by atoms with van der Waals surface area (Å²) in [6.45, 7) is 0.00401. The van der Waals surface area contributed by atoms with E-state index in [1.807, 2.05) is 54.6 Å². The number of H-pyrrole nitrogens is 1. The number of rotatable bonds is 6. The number of hydrogen-bond donors (Lipinski definition) is 3. The van der Waals surface area contributed by atoms with Crippen LogP contribution in [-0.4, -0.2) is 32.7 Å². The highest BCUT2D eigenvalue weighted by Gasteiger charge is 2.45. The van der Waals surface area contributed by atoms with Crippen molar-refractivity contribution in [2.45, 2.75) is 25.5 Å². The van der Waals surface area contributed by atoms with Gasteiger partial charge in [0.15, 0.2) is 0 Å². The lowest BCUT2D eigenvalue weighted by molar-refractivity contribution is 0.0697. The van der Waals surface area contributed by atoms with Gasteiger partial charge < -0.3 is 15.2 Å². The van der Waals surface area contributed by atoms with Crippen molar-refractivity contribution in [2.24, 2.45) is 0 Å². The Morgan fingerprint density at radius 3 is 2.49 bits per heavy atom. The summed E-state index contributed by atoms with van der Waals surface area (Å²) >= 11 is 0. The Morgan fingerprint density at radius 2 is 1.83 bits per heavy atom. The van der Waals surface area contributed by atoms with E-state index < -0.39 is 5.97 Å². The van der Waals surface area contributed by atoms with E-state index in [0.717, 1.165) is 35.3 Å². The summed E-state index contributed by atoms with van der Waals surface area (Å²) in [5, 5.41) is 19.3. The van der Waals surface area contributed by atoms with Crippen molar-refractivity contribution in [1.82, 2.24) is 14.5 Å². The molecule has 0 bridgehead atoms. The maximum Gasteiger partial charge on any atom is 0.335 e.